The van der Waals surface area contributed by atoms with Crippen molar-refractivity contribution in [1.82, 2.24) is 9.97 Å². The first kappa shape index (κ1) is 27.1. The van der Waals surface area contributed by atoms with Crippen molar-refractivity contribution in [3.63, 3.8) is 0 Å². The van der Waals surface area contributed by atoms with Crippen LogP contribution in [0, 0.1) is 0 Å². The van der Waals surface area contributed by atoms with Gasteiger partial charge >= 0.3 is 0 Å². The maximum absolute atomic E-state index is 6.56. The zero-order valence-electron chi connectivity index (χ0n) is 25.7. The summed E-state index contributed by atoms with van der Waals surface area (Å²) in [6.07, 6.45) is 0. The van der Waals surface area contributed by atoms with Crippen molar-refractivity contribution in [2.24, 2.45) is 0 Å². The number of pyridine rings is 1. The Morgan fingerprint density at radius 1 is 0.417 bits per heavy atom. The van der Waals surface area contributed by atoms with E-state index in [2.05, 4.69) is 140 Å². The second kappa shape index (κ2) is 10.7. The average Bonchev–Trinajstić information content (AvgIpc) is 3.76. The third-order valence-electron chi connectivity index (χ3n) is 9.29. The highest BCUT2D eigenvalue weighted by molar-refractivity contribution is 7.21. The Balaban J connectivity index is 1.21. The zero-order chi connectivity index (χ0) is 31.6. The maximum Gasteiger partial charge on any atom is 0.136 e. The van der Waals surface area contributed by atoms with E-state index in [4.69, 9.17) is 14.4 Å². The van der Waals surface area contributed by atoms with Crippen LogP contribution in [-0.4, -0.2) is 9.97 Å². The van der Waals surface area contributed by atoms with Crippen LogP contribution in [0.4, 0.5) is 0 Å². The molecule has 10 aromatic rings. The molecule has 0 bridgehead atoms. The highest BCUT2D eigenvalue weighted by atomic mass is 32.1. The van der Waals surface area contributed by atoms with Crippen molar-refractivity contribution in [1.29, 1.82) is 0 Å². The second-order valence-electron chi connectivity index (χ2n) is 12.1. The summed E-state index contributed by atoms with van der Waals surface area (Å²) in [5, 5.41) is 6.67. The first-order chi connectivity index (χ1) is 23.8. The number of benzene rings is 7. The number of fused-ring (bicyclic) bond motifs is 7. The van der Waals surface area contributed by atoms with Gasteiger partial charge in [0, 0.05) is 43.6 Å². The van der Waals surface area contributed by atoms with Gasteiger partial charge in [0.15, 0.2) is 0 Å². The standard InChI is InChI=1S/C44H26N2OS/c1-3-11-29(12-4-1)43-34-26-38-42(33-16-8-10-18-37(33)47-38)40(41(34)32-15-7-9-17-35(32)45-43)28-21-19-27(20-22-28)31-23-24-39-36(25-31)46-44(48-39)30-13-5-2-6-14-30/h1-26H. The molecule has 7 aromatic carbocycles. The van der Waals surface area contributed by atoms with Crippen molar-refractivity contribution < 1.29 is 4.42 Å². The largest absolute Gasteiger partial charge is 0.456 e. The van der Waals surface area contributed by atoms with Gasteiger partial charge in [-0.15, -0.1) is 11.3 Å². The normalized spacial score (nSPS) is 11.8. The molecule has 0 fully saturated rings. The average molecular weight is 631 g/mol. The van der Waals surface area contributed by atoms with E-state index in [-0.39, 0.29) is 0 Å². The lowest BCUT2D eigenvalue weighted by Gasteiger charge is -2.16. The summed E-state index contributed by atoms with van der Waals surface area (Å²) < 4.78 is 7.75. The fourth-order valence-electron chi connectivity index (χ4n) is 7.06. The molecule has 3 heterocycles. The monoisotopic (exact) mass is 630 g/mol. The molecule has 0 amide bonds. The van der Waals surface area contributed by atoms with Gasteiger partial charge < -0.3 is 4.42 Å². The number of hydrogen-bond donors (Lipinski definition) is 0. The first-order valence-electron chi connectivity index (χ1n) is 16.1. The lowest BCUT2D eigenvalue weighted by molar-refractivity contribution is 0.669. The summed E-state index contributed by atoms with van der Waals surface area (Å²) in [6, 6.07) is 55.5. The zero-order valence-corrected chi connectivity index (χ0v) is 26.5. The van der Waals surface area contributed by atoms with Crippen molar-refractivity contribution >= 4 is 65.2 Å². The Hall–Kier alpha value is -6.10. The van der Waals surface area contributed by atoms with Gasteiger partial charge in [-0.2, -0.15) is 0 Å². The second-order valence-corrected chi connectivity index (χ2v) is 13.2. The minimum atomic E-state index is 0.861. The molecule has 0 spiro atoms. The fraction of sp³-hybridized carbons (Fsp3) is 0. The van der Waals surface area contributed by atoms with E-state index < -0.39 is 0 Å². The van der Waals surface area contributed by atoms with Crippen LogP contribution < -0.4 is 0 Å². The van der Waals surface area contributed by atoms with Crippen molar-refractivity contribution in [2.75, 3.05) is 0 Å². The summed E-state index contributed by atoms with van der Waals surface area (Å²) >= 11 is 1.73. The lowest BCUT2D eigenvalue weighted by atomic mass is 9.89. The molecule has 0 aliphatic heterocycles. The molecule has 48 heavy (non-hydrogen) atoms. The number of rotatable bonds is 4. The quantitative estimate of drug-likeness (QED) is 0.182. The van der Waals surface area contributed by atoms with Crippen LogP contribution in [0.15, 0.2) is 162 Å². The van der Waals surface area contributed by atoms with Gasteiger partial charge in [0.25, 0.3) is 0 Å². The number of nitrogens with zero attached hydrogens (tertiary/aromatic N) is 2. The van der Waals surface area contributed by atoms with Gasteiger partial charge in [0.2, 0.25) is 0 Å². The van der Waals surface area contributed by atoms with E-state index in [0.717, 1.165) is 87.8 Å². The summed E-state index contributed by atoms with van der Waals surface area (Å²) in [6.45, 7) is 0. The Morgan fingerprint density at radius 2 is 1.08 bits per heavy atom. The van der Waals surface area contributed by atoms with Crippen molar-refractivity contribution in [3.8, 4) is 44.1 Å². The molecule has 0 aliphatic carbocycles. The maximum atomic E-state index is 6.56. The molecule has 0 aliphatic rings. The summed E-state index contributed by atoms with van der Waals surface area (Å²) in [4.78, 5) is 10.2. The Morgan fingerprint density at radius 3 is 1.90 bits per heavy atom. The van der Waals surface area contributed by atoms with E-state index in [1.54, 1.807) is 11.3 Å². The van der Waals surface area contributed by atoms with E-state index in [1.807, 2.05) is 18.2 Å². The van der Waals surface area contributed by atoms with Gasteiger partial charge in [-0.1, -0.05) is 127 Å². The highest BCUT2D eigenvalue weighted by Gasteiger charge is 2.21. The van der Waals surface area contributed by atoms with Gasteiger partial charge in [-0.3, -0.25) is 0 Å². The van der Waals surface area contributed by atoms with Crippen LogP contribution in [-0.2, 0) is 0 Å². The van der Waals surface area contributed by atoms with Crippen LogP contribution in [0.1, 0.15) is 0 Å². The van der Waals surface area contributed by atoms with Gasteiger partial charge in [0.1, 0.15) is 16.2 Å². The molecule has 0 saturated carbocycles. The molecular formula is C44H26N2OS. The number of furan rings is 1. The summed E-state index contributed by atoms with van der Waals surface area (Å²) in [5.41, 5.74) is 11.5. The molecule has 3 aromatic heterocycles. The van der Waals surface area contributed by atoms with Crippen molar-refractivity contribution in [3.05, 3.63) is 158 Å². The van der Waals surface area contributed by atoms with Gasteiger partial charge in [-0.25, -0.2) is 9.97 Å². The molecule has 224 valence electrons. The Kier molecular flexibility index (Phi) is 6.05. The van der Waals surface area contributed by atoms with Crippen LogP contribution in [0.2, 0.25) is 0 Å². The third-order valence-corrected chi connectivity index (χ3v) is 10.4. The number of thiazole rings is 1. The molecule has 0 radical (unpaired) electrons. The Labute approximate surface area is 280 Å². The van der Waals surface area contributed by atoms with Crippen molar-refractivity contribution in [2.45, 2.75) is 0 Å². The van der Waals surface area contributed by atoms with E-state index in [1.165, 1.54) is 10.1 Å². The lowest BCUT2D eigenvalue weighted by Crippen LogP contribution is -1.93. The summed E-state index contributed by atoms with van der Waals surface area (Å²) in [5.74, 6) is 0. The first-order valence-corrected chi connectivity index (χ1v) is 16.9. The Bertz CT molecular complexity index is 2820. The van der Waals surface area contributed by atoms with E-state index in [0.29, 0.717) is 0 Å². The summed E-state index contributed by atoms with van der Waals surface area (Å²) in [7, 11) is 0. The molecule has 0 saturated heterocycles. The minimum absolute atomic E-state index is 0.861. The smallest absolute Gasteiger partial charge is 0.136 e. The van der Waals surface area contributed by atoms with E-state index >= 15 is 0 Å². The van der Waals surface area contributed by atoms with Crippen LogP contribution in [0.3, 0.4) is 0 Å². The van der Waals surface area contributed by atoms with Gasteiger partial charge in [-0.05, 0) is 47.0 Å². The van der Waals surface area contributed by atoms with E-state index in [9.17, 15) is 0 Å². The molecule has 4 heteroatoms. The van der Waals surface area contributed by atoms with Crippen LogP contribution in [0.25, 0.3) is 97.9 Å². The van der Waals surface area contributed by atoms with Gasteiger partial charge in [0.05, 0.1) is 21.4 Å². The highest BCUT2D eigenvalue weighted by Crippen LogP contribution is 2.46. The number of para-hydroxylation sites is 2. The topological polar surface area (TPSA) is 38.9 Å². The predicted octanol–water partition coefficient (Wildman–Crippen LogP) is 12.6. The molecule has 10 rings (SSSR count). The number of hydrogen-bond acceptors (Lipinski definition) is 4. The minimum Gasteiger partial charge on any atom is -0.456 e. The molecule has 0 atom stereocenters. The molecule has 3 nitrogen and oxygen atoms in total. The molecular weight excluding hydrogens is 605 g/mol. The van der Waals surface area contributed by atoms with Crippen LogP contribution in [0.5, 0.6) is 0 Å². The number of aromatic nitrogens is 2. The predicted molar refractivity (Wildman–Crippen MR) is 201 cm³/mol. The molecule has 0 N–H and O–H groups in total. The SMILES string of the molecule is c1ccc(-c2nc3cc(-c4ccc(-c5c6c(cc7c(-c8ccccc8)nc8ccccc8c57)oc5ccccc56)cc4)ccc3s2)cc1. The van der Waals surface area contributed by atoms with Crippen LogP contribution >= 0.6 is 11.3 Å². The third kappa shape index (κ3) is 4.27. The molecule has 0 unspecified atom stereocenters. The fourth-order valence-corrected chi connectivity index (χ4v) is 8.01.